The van der Waals surface area contributed by atoms with Gasteiger partial charge in [0.05, 0.1) is 12.7 Å². The molecule has 0 radical (unpaired) electrons. The second kappa shape index (κ2) is 6.60. The van der Waals surface area contributed by atoms with Crippen molar-refractivity contribution < 1.29 is 9.26 Å². The molecule has 0 atom stereocenters. The second-order valence-corrected chi connectivity index (χ2v) is 8.29. The van der Waals surface area contributed by atoms with Crippen LogP contribution in [0.5, 0.6) is 5.75 Å². The quantitative estimate of drug-likeness (QED) is 0.535. The molecular formula is C12H12I3N3O2. The summed E-state index contributed by atoms with van der Waals surface area (Å²) in [5.74, 6) is 1.73. The average Bonchev–Trinajstić information content (AvgIpc) is 2.75. The van der Waals surface area contributed by atoms with Crippen LogP contribution in [0.15, 0.2) is 16.7 Å². The number of ether oxygens (including phenoxy) is 1. The van der Waals surface area contributed by atoms with Crippen LogP contribution in [-0.4, -0.2) is 10.1 Å². The zero-order valence-corrected chi connectivity index (χ0v) is 17.3. The lowest BCUT2D eigenvalue weighted by Crippen LogP contribution is -2.30. The van der Waals surface area contributed by atoms with Gasteiger partial charge in [-0.3, -0.25) is 0 Å². The molecular weight excluding hydrogens is 599 g/mol. The number of aromatic nitrogens is 2. The summed E-state index contributed by atoms with van der Waals surface area (Å²) in [4.78, 5) is 4.24. The fourth-order valence-corrected chi connectivity index (χ4v) is 5.27. The van der Waals surface area contributed by atoms with Crippen LogP contribution in [0, 0.1) is 10.7 Å². The lowest BCUT2D eigenvalue weighted by atomic mass is 10.1. The second-order valence-electron chi connectivity index (χ2n) is 4.72. The van der Waals surface area contributed by atoms with Crippen LogP contribution in [0.3, 0.4) is 0 Å². The van der Waals surface area contributed by atoms with Crippen molar-refractivity contribution >= 4 is 67.8 Å². The molecule has 0 aliphatic rings. The van der Waals surface area contributed by atoms with E-state index in [2.05, 4.69) is 90.0 Å². The highest BCUT2D eigenvalue weighted by molar-refractivity contribution is 14.1. The summed E-state index contributed by atoms with van der Waals surface area (Å²) in [5, 5.41) is 3.86. The summed E-state index contributed by atoms with van der Waals surface area (Å²) in [6.45, 7) is 3.89. The maximum Gasteiger partial charge on any atom is 0.264 e. The number of halogens is 3. The summed E-state index contributed by atoms with van der Waals surface area (Å²) in [6.07, 6.45) is 0. The van der Waals surface area contributed by atoms with Gasteiger partial charge in [-0.15, -0.1) is 0 Å². The SMILES string of the molecule is CC(C)(N)c1noc(COc2c(I)cc(I)cc2I)n1. The Kier molecular flexibility index (Phi) is 5.51. The monoisotopic (exact) mass is 611 g/mol. The minimum absolute atomic E-state index is 0.232. The summed E-state index contributed by atoms with van der Waals surface area (Å²) in [7, 11) is 0. The minimum Gasteiger partial charge on any atom is -0.482 e. The summed E-state index contributed by atoms with van der Waals surface area (Å²) < 4.78 is 14.2. The standard InChI is InChI=1S/C12H12I3N3O2/c1-12(2,16)11-17-9(20-18-11)5-19-10-7(14)3-6(13)4-8(10)15/h3-4H,5,16H2,1-2H3. The number of hydrogen-bond donors (Lipinski definition) is 1. The van der Waals surface area contributed by atoms with Gasteiger partial charge in [0.25, 0.3) is 5.89 Å². The van der Waals surface area contributed by atoms with Gasteiger partial charge in [-0.25, -0.2) is 0 Å². The van der Waals surface area contributed by atoms with Crippen LogP contribution in [0.4, 0.5) is 0 Å². The fraction of sp³-hybridized carbons (Fsp3) is 0.333. The lowest BCUT2D eigenvalue weighted by Gasteiger charge is -2.11. The van der Waals surface area contributed by atoms with E-state index in [4.69, 9.17) is 15.0 Å². The van der Waals surface area contributed by atoms with E-state index in [0.29, 0.717) is 11.7 Å². The van der Waals surface area contributed by atoms with Crippen LogP contribution in [-0.2, 0) is 12.1 Å². The first-order chi connectivity index (χ1) is 9.27. The molecule has 0 saturated carbocycles. The Morgan fingerprint density at radius 1 is 1.25 bits per heavy atom. The minimum atomic E-state index is -0.618. The molecule has 0 spiro atoms. The van der Waals surface area contributed by atoms with E-state index in [0.717, 1.165) is 12.9 Å². The van der Waals surface area contributed by atoms with E-state index < -0.39 is 5.54 Å². The molecule has 2 N–H and O–H groups in total. The Balaban J connectivity index is 2.12. The molecule has 0 unspecified atom stereocenters. The molecule has 108 valence electrons. The van der Waals surface area contributed by atoms with Crippen molar-refractivity contribution in [2.75, 3.05) is 0 Å². The van der Waals surface area contributed by atoms with Gasteiger partial charge in [0, 0.05) is 3.57 Å². The Morgan fingerprint density at radius 2 is 1.85 bits per heavy atom. The van der Waals surface area contributed by atoms with Gasteiger partial charge in [-0.05, 0) is 93.8 Å². The number of benzene rings is 1. The predicted octanol–water partition coefficient (Wildman–Crippen LogP) is 3.66. The van der Waals surface area contributed by atoms with Crippen LogP contribution in [0.1, 0.15) is 25.6 Å². The normalized spacial score (nSPS) is 11.7. The van der Waals surface area contributed by atoms with Gasteiger partial charge in [0.2, 0.25) is 0 Å². The number of nitrogens with zero attached hydrogens (tertiary/aromatic N) is 2. The smallest absolute Gasteiger partial charge is 0.264 e. The molecule has 0 aliphatic carbocycles. The van der Waals surface area contributed by atoms with Gasteiger partial charge in [0.1, 0.15) is 5.75 Å². The van der Waals surface area contributed by atoms with E-state index in [1.165, 1.54) is 3.57 Å². The largest absolute Gasteiger partial charge is 0.482 e. The molecule has 1 heterocycles. The molecule has 0 aliphatic heterocycles. The third-order valence-electron chi connectivity index (χ3n) is 2.35. The van der Waals surface area contributed by atoms with Crippen molar-refractivity contribution in [1.82, 2.24) is 10.1 Å². The molecule has 2 rings (SSSR count). The van der Waals surface area contributed by atoms with Crippen molar-refractivity contribution in [3.8, 4) is 5.75 Å². The van der Waals surface area contributed by atoms with Gasteiger partial charge in [-0.2, -0.15) is 4.98 Å². The molecule has 1 aromatic heterocycles. The third-order valence-corrected chi connectivity index (χ3v) is 4.57. The third kappa shape index (κ3) is 4.16. The van der Waals surface area contributed by atoms with Gasteiger partial charge in [0.15, 0.2) is 12.4 Å². The van der Waals surface area contributed by atoms with E-state index in [1.54, 1.807) is 0 Å². The number of rotatable bonds is 4. The predicted molar refractivity (Wildman–Crippen MR) is 100 cm³/mol. The Bertz CT molecular complexity index is 600. The Morgan fingerprint density at radius 3 is 2.35 bits per heavy atom. The van der Waals surface area contributed by atoms with Crippen molar-refractivity contribution in [3.05, 3.63) is 34.6 Å². The van der Waals surface area contributed by atoms with E-state index >= 15 is 0 Å². The van der Waals surface area contributed by atoms with Crippen LogP contribution >= 0.6 is 67.8 Å². The molecule has 20 heavy (non-hydrogen) atoms. The fourth-order valence-electron chi connectivity index (χ4n) is 1.38. The highest BCUT2D eigenvalue weighted by atomic mass is 127. The Labute approximate surface area is 157 Å². The highest BCUT2D eigenvalue weighted by Crippen LogP contribution is 2.30. The lowest BCUT2D eigenvalue weighted by molar-refractivity contribution is 0.239. The van der Waals surface area contributed by atoms with Crippen LogP contribution in [0.25, 0.3) is 0 Å². The van der Waals surface area contributed by atoms with Gasteiger partial charge >= 0.3 is 0 Å². The Hall–Kier alpha value is 0.310. The topological polar surface area (TPSA) is 74.2 Å². The van der Waals surface area contributed by atoms with E-state index in [-0.39, 0.29) is 6.61 Å². The van der Waals surface area contributed by atoms with Gasteiger partial charge in [-0.1, -0.05) is 5.16 Å². The van der Waals surface area contributed by atoms with Gasteiger partial charge < -0.3 is 15.0 Å². The van der Waals surface area contributed by atoms with Crippen molar-refractivity contribution in [2.24, 2.45) is 5.73 Å². The number of nitrogens with two attached hydrogens (primary N) is 1. The molecule has 0 saturated heterocycles. The zero-order chi connectivity index (χ0) is 14.9. The summed E-state index contributed by atoms with van der Waals surface area (Å²) in [6, 6.07) is 4.11. The first-order valence-corrected chi connectivity index (χ1v) is 8.90. The van der Waals surface area contributed by atoms with Crippen molar-refractivity contribution in [2.45, 2.75) is 26.0 Å². The number of hydrogen-bond acceptors (Lipinski definition) is 5. The van der Waals surface area contributed by atoms with Crippen molar-refractivity contribution in [3.63, 3.8) is 0 Å². The molecule has 0 bridgehead atoms. The van der Waals surface area contributed by atoms with Crippen molar-refractivity contribution in [1.29, 1.82) is 0 Å². The maximum absolute atomic E-state index is 5.91. The molecule has 8 heteroatoms. The zero-order valence-electron chi connectivity index (χ0n) is 10.8. The molecule has 5 nitrogen and oxygen atoms in total. The molecule has 1 aromatic carbocycles. The van der Waals surface area contributed by atoms with Crippen LogP contribution < -0.4 is 10.5 Å². The van der Waals surface area contributed by atoms with E-state index in [1.807, 2.05) is 13.8 Å². The summed E-state index contributed by atoms with van der Waals surface area (Å²) >= 11 is 6.78. The van der Waals surface area contributed by atoms with E-state index in [9.17, 15) is 0 Å². The average molecular weight is 611 g/mol. The summed E-state index contributed by atoms with van der Waals surface area (Å²) in [5.41, 5.74) is 5.30. The van der Waals surface area contributed by atoms with Crippen LogP contribution in [0.2, 0.25) is 0 Å². The first-order valence-electron chi connectivity index (χ1n) is 5.66. The highest BCUT2D eigenvalue weighted by Gasteiger charge is 2.21. The maximum atomic E-state index is 5.91. The first kappa shape index (κ1) is 16.7. The molecule has 2 aromatic rings. The molecule has 0 fully saturated rings. The molecule has 0 amide bonds.